The van der Waals surface area contributed by atoms with Crippen LogP contribution in [0.4, 0.5) is 5.82 Å². The van der Waals surface area contributed by atoms with Crippen molar-refractivity contribution in [3.8, 4) is 0 Å². The summed E-state index contributed by atoms with van der Waals surface area (Å²) < 4.78 is 0. The van der Waals surface area contributed by atoms with Crippen LogP contribution < -0.4 is 4.90 Å². The highest BCUT2D eigenvalue weighted by atomic mass is 15.2. The molecule has 5 rings (SSSR count). The average molecular weight is 393 g/mol. The number of benzene rings is 1. The van der Waals surface area contributed by atoms with Crippen molar-refractivity contribution < 1.29 is 0 Å². The first-order valence-corrected chi connectivity index (χ1v) is 10.4. The summed E-state index contributed by atoms with van der Waals surface area (Å²) in [5.41, 5.74) is 6.51. The van der Waals surface area contributed by atoms with Crippen LogP contribution in [0, 0.1) is 0 Å². The van der Waals surface area contributed by atoms with Crippen LogP contribution in [-0.4, -0.2) is 21.5 Å². The molecule has 0 saturated heterocycles. The second-order valence-electron chi connectivity index (χ2n) is 7.76. The molecule has 1 aliphatic heterocycles. The molecule has 0 unspecified atom stereocenters. The van der Waals surface area contributed by atoms with Crippen LogP contribution in [0.2, 0.25) is 0 Å². The summed E-state index contributed by atoms with van der Waals surface area (Å²) in [5.74, 6) is 1.28. The number of fused-ring (bicyclic) bond motifs is 1. The van der Waals surface area contributed by atoms with Crippen LogP contribution in [0.15, 0.2) is 91.6 Å². The molecule has 0 aliphatic carbocycles. The highest BCUT2D eigenvalue weighted by Crippen LogP contribution is 2.32. The zero-order valence-electron chi connectivity index (χ0n) is 16.9. The van der Waals surface area contributed by atoms with Gasteiger partial charge >= 0.3 is 0 Å². The Hall–Kier alpha value is -3.53. The molecule has 4 heterocycles. The molecule has 0 amide bonds. The number of aromatic nitrogens is 3. The van der Waals surface area contributed by atoms with E-state index < -0.39 is 0 Å². The van der Waals surface area contributed by atoms with Crippen molar-refractivity contribution in [2.24, 2.45) is 0 Å². The minimum Gasteiger partial charge on any atom is -0.352 e. The zero-order chi connectivity index (χ0) is 20.2. The lowest BCUT2D eigenvalue weighted by Gasteiger charge is -2.31. The van der Waals surface area contributed by atoms with Gasteiger partial charge in [0.25, 0.3) is 0 Å². The molecule has 148 valence electrons. The maximum Gasteiger partial charge on any atom is 0.132 e. The fourth-order valence-corrected chi connectivity index (χ4v) is 4.36. The molecular weight excluding hydrogens is 368 g/mol. The van der Waals surface area contributed by atoms with Crippen LogP contribution in [-0.2, 0) is 19.4 Å². The van der Waals surface area contributed by atoms with E-state index in [1.54, 1.807) is 0 Å². The Bertz CT molecular complexity index is 1070. The van der Waals surface area contributed by atoms with E-state index in [0.29, 0.717) is 0 Å². The third-order valence-corrected chi connectivity index (χ3v) is 5.90. The molecule has 0 bridgehead atoms. The van der Waals surface area contributed by atoms with E-state index in [2.05, 4.69) is 57.3 Å². The van der Waals surface area contributed by atoms with Crippen molar-refractivity contribution in [2.75, 3.05) is 11.4 Å². The minimum atomic E-state index is 0.187. The molecule has 0 atom stereocenters. The second-order valence-corrected chi connectivity index (χ2v) is 7.76. The molecule has 3 aromatic heterocycles. The van der Waals surface area contributed by atoms with Gasteiger partial charge in [0.05, 0.1) is 0 Å². The fourth-order valence-electron chi connectivity index (χ4n) is 4.36. The lowest BCUT2D eigenvalue weighted by molar-refractivity contribution is 0.706. The predicted octanol–water partition coefficient (Wildman–Crippen LogP) is 4.81. The highest BCUT2D eigenvalue weighted by Gasteiger charge is 2.22. The molecule has 1 aliphatic rings. The van der Waals surface area contributed by atoms with E-state index in [1.165, 1.54) is 27.8 Å². The van der Waals surface area contributed by atoms with E-state index in [0.717, 1.165) is 31.7 Å². The van der Waals surface area contributed by atoms with Gasteiger partial charge in [-0.3, -0.25) is 9.97 Å². The van der Waals surface area contributed by atoms with Gasteiger partial charge in [0.1, 0.15) is 5.82 Å². The first-order valence-electron chi connectivity index (χ1n) is 10.4. The first-order chi connectivity index (χ1) is 14.9. The molecule has 4 heteroatoms. The number of hydrogen-bond donors (Lipinski definition) is 0. The van der Waals surface area contributed by atoms with Crippen LogP contribution >= 0.6 is 0 Å². The molecule has 0 spiro atoms. The summed E-state index contributed by atoms with van der Waals surface area (Å²) in [6.45, 7) is 1.90. The molecular formula is C26H24N4. The SMILES string of the molecule is c1cncc(C(Cc2cccnc2N2CCc3ccccc3C2)c2cccnc2)c1. The van der Waals surface area contributed by atoms with Gasteiger partial charge < -0.3 is 4.90 Å². The van der Waals surface area contributed by atoms with Crippen molar-refractivity contribution in [1.29, 1.82) is 0 Å². The topological polar surface area (TPSA) is 41.9 Å². The standard InChI is InChI=1S/C26H24N4/c1-2-7-24-19-30(15-11-20(24)6-1)26-21(8-5-14-29-26)16-25(22-9-3-12-27-17-22)23-10-4-13-28-18-23/h1-10,12-14,17-18,25H,11,15-16,19H2. The number of rotatable bonds is 5. The largest absolute Gasteiger partial charge is 0.352 e. The third kappa shape index (κ3) is 3.81. The Morgan fingerprint density at radius 1 is 0.767 bits per heavy atom. The maximum atomic E-state index is 4.81. The van der Waals surface area contributed by atoms with Crippen molar-refractivity contribution >= 4 is 5.82 Å². The van der Waals surface area contributed by atoms with Crippen molar-refractivity contribution in [3.63, 3.8) is 0 Å². The number of nitrogens with zero attached hydrogens (tertiary/aromatic N) is 4. The fraction of sp³-hybridized carbons (Fsp3) is 0.192. The van der Waals surface area contributed by atoms with Gasteiger partial charge in [-0.15, -0.1) is 0 Å². The zero-order valence-corrected chi connectivity index (χ0v) is 16.9. The molecule has 30 heavy (non-hydrogen) atoms. The van der Waals surface area contributed by atoms with Gasteiger partial charge in [-0.2, -0.15) is 0 Å². The van der Waals surface area contributed by atoms with Gasteiger partial charge in [-0.25, -0.2) is 4.98 Å². The molecule has 0 saturated carbocycles. The molecule has 4 nitrogen and oxygen atoms in total. The van der Waals surface area contributed by atoms with Crippen LogP contribution in [0.25, 0.3) is 0 Å². The van der Waals surface area contributed by atoms with Gasteiger partial charge in [-0.1, -0.05) is 42.5 Å². The van der Waals surface area contributed by atoms with Gasteiger partial charge in [0, 0.05) is 50.0 Å². The summed E-state index contributed by atoms with van der Waals surface area (Å²) in [6.07, 6.45) is 11.4. The van der Waals surface area contributed by atoms with Crippen LogP contribution in [0.3, 0.4) is 0 Å². The molecule has 0 fully saturated rings. The minimum absolute atomic E-state index is 0.187. The lowest BCUT2D eigenvalue weighted by Crippen LogP contribution is -2.32. The first kappa shape index (κ1) is 18.5. The Kier molecular flexibility index (Phi) is 5.21. The average Bonchev–Trinajstić information content (AvgIpc) is 2.83. The molecule has 0 radical (unpaired) electrons. The molecule has 0 N–H and O–H groups in total. The summed E-state index contributed by atoms with van der Waals surface area (Å²) in [4.78, 5) is 16.0. The van der Waals surface area contributed by atoms with Gasteiger partial charge in [0.15, 0.2) is 0 Å². The van der Waals surface area contributed by atoms with Crippen LogP contribution in [0.1, 0.15) is 33.7 Å². The van der Waals surface area contributed by atoms with Gasteiger partial charge in [-0.05, 0) is 58.9 Å². The number of pyridine rings is 3. The normalized spacial score (nSPS) is 13.3. The quantitative estimate of drug-likeness (QED) is 0.489. The predicted molar refractivity (Wildman–Crippen MR) is 119 cm³/mol. The Morgan fingerprint density at radius 2 is 1.47 bits per heavy atom. The van der Waals surface area contributed by atoms with Gasteiger partial charge in [0.2, 0.25) is 0 Å². The van der Waals surface area contributed by atoms with E-state index in [1.807, 2.05) is 49.2 Å². The van der Waals surface area contributed by atoms with Crippen molar-refractivity contribution in [2.45, 2.75) is 25.3 Å². The molecule has 1 aromatic carbocycles. The summed E-state index contributed by atoms with van der Waals surface area (Å²) in [5, 5.41) is 0. The smallest absolute Gasteiger partial charge is 0.132 e. The summed E-state index contributed by atoms with van der Waals surface area (Å²) in [6, 6.07) is 21.3. The van der Waals surface area contributed by atoms with Crippen LogP contribution in [0.5, 0.6) is 0 Å². The lowest BCUT2D eigenvalue weighted by atomic mass is 9.87. The van der Waals surface area contributed by atoms with E-state index in [-0.39, 0.29) is 5.92 Å². The van der Waals surface area contributed by atoms with E-state index in [4.69, 9.17) is 4.98 Å². The third-order valence-electron chi connectivity index (χ3n) is 5.90. The van der Waals surface area contributed by atoms with Crippen molar-refractivity contribution in [3.05, 3.63) is 119 Å². The van der Waals surface area contributed by atoms with E-state index >= 15 is 0 Å². The number of hydrogen-bond acceptors (Lipinski definition) is 4. The number of anilines is 1. The highest BCUT2D eigenvalue weighted by molar-refractivity contribution is 5.51. The Morgan fingerprint density at radius 3 is 2.17 bits per heavy atom. The molecule has 4 aromatic rings. The van der Waals surface area contributed by atoms with E-state index in [9.17, 15) is 0 Å². The maximum absolute atomic E-state index is 4.81. The second kappa shape index (κ2) is 8.46. The Balaban J connectivity index is 1.49. The monoisotopic (exact) mass is 392 g/mol. The Labute approximate surface area is 177 Å². The summed E-state index contributed by atoms with van der Waals surface area (Å²) >= 11 is 0. The van der Waals surface area contributed by atoms with Crippen molar-refractivity contribution in [1.82, 2.24) is 15.0 Å². The summed E-state index contributed by atoms with van der Waals surface area (Å²) in [7, 11) is 0.